The number of halogens is 1. The van der Waals surface area contributed by atoms with Crippen LogP contribution in [0.4, 0.5) is 0 Å². The fourth-order valence-electron chi connectivity index (χ4n) is 2.74. The van der Waals surface area contributed by atoms with Crippen molar-refractivity contribution in [3.05, 3.63) is 41.4 Å². The molecule has 1 amide bonds. The number of hydrogen-bond acceptors (Lipinski definition) is 4. The summed E-state index contributed by atoms with van der Waals surface area (Å²) in [5, 5.41) is 3.97. The average molecular weight is 334 g/mol. The molecule has 6 heteroatoms. The van der Waals surface area contributed by atoms with E-state index in [1.807, 2.05) is 29.2 Å². The Hall–Kier alpha value is -1.85. The second-order valence-corrected chi connectivity index (χ2v) is 6.20. The zero-order valence-electron chi connectivity index (χ0n) is 13.1. The van der Waals surface area contributed by atoms with Crippen LogP contribution in [0.15, 0.2) is 34.9 Å². The number of oxazole rings is 1. The van der Waals surface area contributed by atoms with Gasteiger partial charge in [-0.1, -0.05) is 11.6 Å². The normalized spacial score (nSPS) is 18.2. The maximum Gasteiger partial charge on any atom is 0.223 e. The zero-order valence-corrected chi connectivity index (χ0v) is 13.8. The summed E-state index contributed by atoms with van der Waals surface area (Å²) in [5.41, 5.74) is 0.926. The van der Waals surface area contributed by atoms with Crippen LogP contribution >= 0.6 is 11.6 Å². The minimum Gasteiger partial charge on any atom is -0.441 e. The third-order valence-electron chi connectivity index (χ3n) is 4.06. The number of nitrogens with zero attached hydrogens (tertiary/aromatic N) is 2. The Labute approximate surface area is 140 Å². The number of aromatic nitrogens is 1. The summed E-state index contributed by atoms with van der Waals surface area (Å²) in [6, 6.07) is 7.65. The number of aryl methyl sites for hydroxylation is 1. The van der Waals surface area contributed by atoms with Gasteiger partial charge in [-0.25, -0.2) is 4.98 Å². The van der Waals surface area contributed by atoms with Gasteiger partial charge in [0.05, 0.1) is 6.20 Å². The highest BCUT2D eigenvalue weighted by atomic mass is 35.5. The lowest BCUT2D eigenvalue weighted by atomic mass is 10.2. The third-order valence-corrected chi connectivity index (χ3v) is 4.31. The molecule has 0 unspecified atom stereocenters. The van der Waals surface area contributed by atoms with E-state index in [0.717, 1.165) is 25.2 Å². The van der Waals surface area contributed by atoms with E-state index in [-0.39, 0.29) is 11.9 Å². The molecule has 1 aliphatic heterocycles. The molecule has 122 valence electrons. The Morgan fingerprint density at radius 2 is 2.22 bits per heavy atom. The van der Waals surface area contributed by atoms with Gasteiger partial charge < -0.3 is 14.6 Å². The standard InChI is InChI=1S/C17H20ClN3O2/c1-12-10-19-8-9-21(12)17(22)7-6-16-20-11-15(23-16)13-2-4-14(18)5-3-13/h2-5,11-12,19H,6-10H2,1H3/t12-/m1/s1. The summed E-state index contributed by atoms with van der Waals surface area (Å²) >= 11 is 5.88. The molecule has 1 N–H and O–H groups in total. The van der Waals surface area contributed by atoms with Gasteiger partial charge in [-0.05, 0) is 31.2 Å². The van der Waals surface area contributed by atoms with Gasteiger partial charge >= 0.3 is 0 Å². The largest absolute Gasteiger partial charge is 0.441 e. The summed E-state index contributed by atoms with van der Waals surface area (Å²) in [4.78, 5) is 18.5. The molecule has 0 spiro atoms. The highest BCUT2D eigenvalue weighted by molar-refractivity contribution is 6.30. The van der Waals surface area contributed by atoms with Crippen molar-refractivity contribution in [1.29, 1.82) is 0 Å². The van der Waals surface area contributed by atoms with E-state index in [2.05, 4.69) is 17.2 Å². The number of benzene rings is 1. The maximum absolute atomic E-state index is 12.3. The summed E-state index contributed by atoms with van der Waals surface area (Å²) in [7, 11) is 0. The second-order valence-electron chi connectivity index (χ2n) is 5.77. The molecule has 1 aromatic heterocycles. The molecule has 5 nitrogen and oxygen atoms in total. The van der Waals surface area contributed by atoms with Crippen LogP contribution in [0, 0.1) is 0 Å². The van der Waals surface area contributed by atoms with Crippen molar-refractivity contribution in [3.8, 4) is 11.3 Å². The Kier molecular flexibility index (Phi) is 4.98. The van der Waals surface area contributed by atoms with Crippen molar-refractivity contribution >= 4 is 17.5 Å². The summed E-state index contributed by atoms with van der Waals surface area (Å²) in [6.07, 6.45) is 2.63. The first-order valence-corrected chi connectivity index (χ1v) is 8.22. The first-order chi connectivity index (χ1) is 11.1. The molecule has 1 aromatic carbocycles. The number of nitrogens with one attached hydrogen (secondary N) is 1. The third kappa shape index (κ3) is 3.92. The smallest absolute Gasteiger partial charge is 0.223 e. The minimum atomic E-state index is 0.158. The van der Waals surface area contributed by atoms with E-state index < -0.39 is 0 Å². The van der Waals surface area contributed by atoms with Gasteiger partial charge in [-0.3, -0.25) is 4.79 Å². The highest BCUT2D eigenvalue weighted by Crippen LogP contribution is 2.22. The van der Waals surface area contributed by atoms with Crippen LogP contribution in [0.1, 0.15) is 19.2 Å². The topological polar surface area (TPSA) is 58.4 Å². The van der Waals surface area contributed by atoms with Gasteiger partial charge in [0.25, 0.3) is 0 Å². The molecule has 2 heterocycles. The number of carbonyl (C=O) groups excluding carboxylic acids is 1. The molecule has 1 atom stereocenters. The van der Waals surface area contributed by atoms with Crippen LogP contribution in [0.3, 0.4) is 0 Å². The zero-order chi connectivity index (χ0) is 16.2. The fourth-order valence-corrected chi connectivity index (χ4v) is 2.87. The molecule has 3 rings (SSSR count). The predicted molar refractivity (Wildman–Crippen MR) is 89.3 cm³/mol. The lowest BCUT2D eigenvalue weighted by Gasteiger charge is -2.34. The predicted octanol–water partition coefficient (Wildman–Crippen LogP) is 2.75. The molecule has 0 radical (unpaired) electrons. The molecular formula is C17H20ClN3O2. The van der Waals surface area contributed by atoms with E-state index in [9.17, 15) is 4.79 Å². The van der Waals surface area contributed by atoms with E-state index in [1.54, 1.807) is 6.20 Å². The maximum atomic E-state index is 12.3. The number of rotatable bonds is 4. The van der Waals surface area contributed by atoms with Gasteiger partial charge in [-0.2, -0.15) is 0 Å². The van der Waals surface area contributed by atoms with Crippen molar-refractivity contribution < 1.29 is 9.21 Å². The Morgan fingerprint density at radius 1 is 1.43 bits per heavy atom. The first-order valence-electron chi connectivity index (χ1n) is 7.84. The second kappa shape index (κ2) is 7.15. The number of piperazine rings is 1. The van der Waals surface area contributed by atoms with Crippen LogP contribution < -0.4 is 5.32 Å². The molecule has 1 saturated heterocycles. The van der Waals surface area contributed by atoms with Gasteiger partial charge in [0.2, 0.25) is 5.91 Å². The van der Waals surface area contributed by atoms with Crippen LogP contribution in [-0.4, -0.2) is 41.5 Å². The Bertz CT molecular complexity index is 669. The van der Waals surface area contributed by atoms with Gasteiger partial charge in [0.1, 0.15) is 0 Å². The average Bonchev–Trinajstić information content (AvgIpc) is 3.03. The molecule has 1 fully saturated rings. The first kappa shape index (κ1) is 16.0. The fraction of sp³-hybridized carbons (Fsp3) is 0.412. The van der Waals surface area contributed by atoms with Crippen LogP contribution in [0.2, 0.25) is 5.02 Å². The Balaban J connectivity index is 1.58. The molecule has 2 aromatic rings. The molecule has 1 aliphatic rings. The quantitative estimate of drug-likeness (QED) is 0.934. The monoisotopic (exact) mass is 333 g/mol. The number of carbonyl (C=O) groups is 1. The minimum absolute atomic E-state index is 0.158. The van der Waals surface area contributed by atoms with Crippen LogP contribution in [0.5, 0.6) is 0 Å². The summed E-state index contributed by atoms with van der Waals surface area (Å²) < 4.78 is 5.74. The molecule has 0 saturated carbocycles. The molecule has 23 heavy (non-hydrogen) atoms. The highest BCUT2D eigenvalue weighted by Gasteiger charge is 2.22. The van der Waals surface area contributed by atoms with Crippen LogP contribution in [0.25, 0.3) is 11.3 Å². The van der Waals surface area contributed by atoms with Crippen molar-refractivity contribution in [2.24, 2.45) is 0 Å². The van der Waals surface area contributed by atoms with E-state index in [1.165, 1.54) is 0 Å². The van der Waals surface area contributed by atoms with E-state index in [0.29, 0.717) is 29.5 Å². The van der Waals surface area contributed by atoms with Gasteiger partial charge in [0.15, 0.2) is 11.7 Å². The lowest BCUT2D eigenvalue weighted by Crippen LogP contribution is -2.52. The van der Waals surface area contributed by atoms with E-state index >= 15 is 0 Å². The van der Waals surface area contributed by atoms with Crippen molar-refractivity contribution in [2.75, 3.05) is 19.6 Å². The Morgan fingerprint density at radius 3 is 2.96 bits per heavy atom. The molecule has 0 bridgehead atoms. The van der Waals surface area contributed by atoms with E-state index in [4.69, 9.17) is 16.0 Å². The van der Waals surface area contributed by atoms with Crippen LogP contribution in [-0.2, 0) is 11.2 Å². The van der Waals surface area contributed by atoms with Crippen molar-refractivity contribution in [3.63, 3.8) is 0 Å². The van der Waals surface area contributed by atoms with Gasteiger partial charge in [-0.15, -0.1) is 0 Å². The summed E-state index contributed by atoms with van der Waals surface area (Å²) in [5.74, 6) is 1.44. The summed E-state index contributed by atoms with van der Waals surface area (Å²) in [6.45, 7) is 4.54. The SMILES string of the molecule is C[C@@H]1CNCCN1C(=O)CCc1ncc(-c2ccc(Cl)cc2)o1. The van der Waals surface area contributed by atoms with Crippen molar-refractivity contribution in [1.82, 2.24) is 15.2 Å². The molecule has 0 aliphatic carbocycles. The number of hydrogen-bond donors (Lipinski definition) is 1. The van der Waals surface area contributed by atoms with Crippen molar-refractivity contribution in [2.45, 2.75) is 25.8 Å². The lowest BCUT2D eigenvalue weighted by molar-refractivity contribution is -0.134. The van der Waals surface area contributed by atoms with Gasteiger partial charge in [0, 0.05) is 49.1 Å². The molecular weight excluding hydrogens is 314 g/mol. The number of amides is 1.